The van der Waals surface area contributed by atoms with Crippen molar-refractivity contribution in [1.29, 1.82) is 0 Å². The minimum atomic E-state index is -3.63. The summed E-state index contributed by atoms with van der Waals surface area (Å²) in [5, 5.41) is 2.03. The smallest absolute Gasteiger partial charge is 0.365 e. The van der Waals surface area contributed by atoms with E-state index in [1.54, 1.807) is 28.9 Å². The molecule has 11 heteroatoms. The second kappa shape index (κ2) is 9.73. The maximum Gasteiger partial charge on any atom is 0.365 e. The van der Waals surface area contributed by atoms with E-state index in [2.05, 4.69) is 19.3 Å². The van der Waals surface area contributed by atoms with Crippen molar-refractivity contribution in [3.05, 3.63) is 95.1 Å². The first-order chi connectivity index (χ1) is 18.0. The number of esters is 1. The Labute approximate surface area is 219 Å². The zero-order chi connectivity index (χ0) is 25.4. The Morgan fingerprint density at radius 3 is 2.84 bits per heavy atom. The fourth-order valence-corrected chi connectivity index (χ4v) is 6.77. The third kappa shape index (κ3) is 4.77. The molecule has 2 aromatic rings. The highest BCUT2D eigenvalue weighted by atomic mass is 32.2. The fourth-order valence-electron chi connectivity index (χ4n) is 4.75. The predicted octanol–water partition coefficient (Wildman–Crippen LogP) is 3.34. The van der Waals surface area contributed by atoms with Crippen LogP contribution in [0, 0.1) is 5.92 Å². The highest BCUT2D eigenvalue weighted by Gasteiger charge is 2.31. The Hall–Kier alpha value is -3.54. The zero-order valence-corrected chi connectivity index (χ0v) is 21.5. The number of fused-ring (bicyclic) bond motifs is 2. The number of hydrogen-bond acceptors (Lipinski definition) is 9. The number of sulfonamides is 1. The van der Waals surface area contributed by atoms with Crippen molar-refractivity contribution in [3.63, 3.8) is 0 Å². The number of nitrogens with zero attached hydrogens (tertiary/aromatic N) is 3. The summed E-state index contributed by atoms with van der Waals surface area (Å²) >= 11 is 1.32. The minimum Gasteiger partial charge on any atom is -0.402 e. The summed E-state index contributed by atoms with van der Waals surface area (Å²) < 4.78 is 38.9. The monoisotopic (exact) mass is 535 g/mol. The molecule has 0 saturated carbocycles. The number of nitrogens with one attached hydrogen (secondary N) is 2. The normalized spacial score (nSPS) is 21.0. The number of allylic oxidation sites excluding steroid dienone is 2. The number of piperidine rings is 1. The summed E-state index contributed by atoms with van der Waals surface area (Å²) in [6, 6.07) is 13.8. The molecular weight excluding hydrogens is 510 g/mol. The van der Waals surface area contributed by atoms with Gasteiger partial charge < -0.3 is 14.4 Å². The molecule has 190 valence electrons. The molecule has 4 aliphatic heterocycles. The molecule has 1 saturated heterocycles. The van der Waals surface area contributed by atoms with Crippen molar-refractivity contribution in [2.75, 3.05) is 19.6 Å². The lowest BCUT2D eigenvalue weighted by molar-refractivity contribution is -0.130. The van der Waals surface area contributed by atoms with Crippen molar-refractivity contribution < 1.29 is 17.9 Å². The number of cyclic esters (lactones) is 1. The molecule has 0 radical (unpaired) electrons. The Kier molecular flexibility index (Phi) is 6.27. The molecule has 2 aromatic carbocycles. The molecule has 37 heavy (non-hydrogen) atoms. The van der Waals surface area contributed by atoms with Gasteiger partial charge >= 0.3 is 5.97 Å². The standard InChI is InChI=1S/C26H25N5O4S2/c32-26-22(29-25(35-26)21-8-3-6-19-5-1-2-7-20(19)21)17-30-13-10-18(11-14-30)15-28-37(33,34)24-9-4-12-31-23(24)16-27-36-31/h1-9,12,16-18,27-28H,10-11,13-15H2. The second-order valence-electron chi connectivity index (χ2n) is 9.12. The Bertz CT molecular complexity index is 1510. The molecule has 0 amide bonds. The molecule has 0 aromatic heterocycles. The molecular formula is C26H25N5O4S2. The average molecular weight is 536 g/mol. The van der Waals surface area contributed by atoms with Crippen molar-refractivity contribution in [2.24, 2.45) is 10.9 Å². The number of aliphatic imine (C=N–C) groups is 1. The van der Waals surface area contributed by atoms with Crippen molar-refractivity contribution in [2.45, 2.75) is 12.8 Å². The van der Waals surface area contributed by atoms with Gasteiger partial charge in [-0.2, -0.15) is 0 Å². The molecule has 0 aliphatic carbocycles. The second-order valence-corrected chi connectivity index (χ2v) is 11.7. The van der Waals surface area contributed by atoms with Crippen LogP contribution in [-0.2, 0) is 19.6 Å². The van der Waals surface area contributed by atoms with Crippen molar-refractivity contribution >= 4 is 44.8 Å². The van der Waals surface area contributed by atoms with E-state index in [1.165, 1.54) is 12.1 Å². The third-order valence-electron chi connectivity index (χ3n) is 6.75. The van der Waals surface area contributed by atoms with Crippen LogP contribution in [0.4, 0.5) is 0 Å². The first-order valence-corrected chi connectivity index (χ1v) is 14.3. The number of carbonyl (C=O) groups excluding carboxylic acids is 1. The van der Waals surface area contributed by atoms with E-state index in [1.807, 2.05) is 48.7 Å². The summed E-state index contributed by atoms with van der Waals surface area (Å²) in [7, 11) is -3.63. The molecule has 4 aliphatic rings. The van der Waals surface area contributed by atoms with Gasteiger partial charge in [0.1, 0.15) is 4.91 Å². The van der Waals surface area contributed by atoms with E-state index in [4.69, 9.17) is 4.74 Å². The van der Waals surface area contributed by atoms with E-state index in [-0.39, 0.29) is 16.5 Å². The lowest BCUT2D eigenvalue weighted by Crippen LogP contribution is -2.37. The Balaban J connectivity index is 1.08. The van der Waals surface area contributed by atoms with Gasteiger partial charge in [0.05, 0.1) is 17.8 Å². The largest absolute Gasteiger partial charge is 0.402 e. The lowest BCUT2D eigenvalue weighted by Gasteiger charge is -2.31. The summed E-state index contributed by atoms with van der Waals surface area (Å²) in [5.41, 5.74) is 1.68. The molecule has 0 unspecified atom stereocenters. The topological polar surface area (TPSA) is 103 Å². The molecule has 4 heterocycles. The van der Waals surface area contributed by atoms with Crippen LogP contribution >= 0.6 is 12.1 Å². The maximum absolute atomic E-state index is 12.9. The number of hydrogen-bond donors (Lipinski definition) is 2. The summed E-state index contributed by atoms with van der Waals surface area (Å²) in [6.07, 6.45) is 10.2. The minimum absolute atomic E-state index is 0.204. The Morgan fingerprint density at radius 2 is 1.97 bits per heavy atom. The van der Waals surface area contributed by atoms with Crippen LogP contribution in [0.5, 0.6) is 0 Å². The SMILES string of the molecule is O=C1OC(c2cccc3ccccc23)=NC1=CN1CCC(CNS(=O)(=O)C2=CC=CN3SNC=C23)CC1. The number of ether oxygens (including phenoxy) is 1. The van der Waals surface area contributed by atoms with Crippen LogP contribution in [0.25, 0.3) is 10.8 Å². The summed E-state index contributed by atoms with van der Waals surface area (Å²) in [5.74, 6) is 0.0554. The van der Waals surface area contributed by atoms with Gasteiger partial charge in [0.2, 0.25) is 15.9 Å². The van der Waals surface area contributed by atoms with Crippen molar-refractivity contribution in [3.8, 4) is 0 Å². The quantitative estimate of drug-likeness (QED) is 0.330. The third-order valence-corrected chi connectivity index (χ3v) is 8.96. The van der Waals surface area contributed by atoms with E-state index in [0.29, 0.717) is 31.2 Å². The Morgan fingerprint density at radius 1 is 1.16 bits per heavy atom. The van der Waals surface area contributed by atoms with E-state index in [0.717, 1.165) is 29.2 Å². The fraction of sp³-hybridized carbons (Fsp3) is 0.231. The van der Waals surface area contributed by atoms with Gasteiger partial charge in [-0.3, -0.25) is 4.31 Å². The van der Waals surface area contributed by atoms with E-state index in [9.17, 15) is 13.2 Å². The van der Waals surface area contributed by atoms with Gasteiger partial charge in [-0.25, -0.2) is 22.9 Å². The number of rotatable bonds is 6. The molecule has 6 rings (SSSR count). The molecule has 0 atom stereocenters. The number of carbonyl (C=O) groups is 1. The van der Waals surface area contributed by atoms with Crippen LogP contribution in [0.1, 0.15) is 18.4 Å². The van der Waals surface area contributed by atoms with Crippen LogP contribution in [0.15, 0.2) is 94.5 Å². The van der Waals surface area contributed by atoms with Crippen LogP contribution in [0.2, 0.25) is 0 Å². The first kappa shape index (κ1) is 23.8. The van der Waals surface area contributed by atoms with Gasteiger partial charge in [-0.15, -0.1) is 0 Å². The lowest BCUT2D eigenvalue weighted by atomic mass is 9.97. The van der Waals surface area contributed by atoms with Gasteiger partial charge in [0, 0.05) is 43.8 Å². The van der Waals surface area contributed by atoms with Crippen LogP contribution in [0.3, 0.4) is 0 Å². The number of benzene rings is 2. The molecule has 0 spiro atoms. The highest BCUT2D eigenvalue weighted by molar-refractivity contribution is 7.96. The number of likely N-dealkylation sites (tertiary alicyclic amines) is 1. The maximum atomic E-state index is 12.9. The van der Waals surface area contributed by atoms with Crippen molar-refractivity contribution in [1.82, 2.24) is 18.6 Å². The van der Waals surface area contributed by atoms with Crippen LogP contribution < -0.4 is 9.44 Å². The van der Waals surface area contributed by atoms with Crippen LogP contribution in [-0.4, -0.2) is 49.1 Å². The molecule has 2 N–H and O–H groups in total. The first-order valence-electron chi connectivity index (χ1n) is 12.0. The average Bonchev–Trinajstić information content (AvgIpc) is 3.54. The van der Waals surface area contributed by atoms with E-state index < -0.39 is 16.0 Å². The van der Waals surface area contributed by atoms with E-state index >= 15 is 0 Å². The van der Waals surface area contributed by atoms with Gasteiger partial charge in [0.15, 0.2) is 5.70 Å². The van der Waals surface area contributed by atoms with Gasteiger partial charge in [-0.05, 0) is 47.8 Å². The summed E-state index contributed by atoms with van der Waals surface area (Å²) in [6.45, 7) is 1.77. The van der Waals surface area contributed by atoms with Gasteiger partial charge in [-0.1, -0.05) is 36.4 Å². The molecule has 9 nitrogen and oxygen atoms in total. The molecule has 1 fully saturated rings. The van der Waals surface area contributed by atoms with Gasteiger partial charge in [0.25, 0.3) is 0 Å². The zero-order valence-electron chi connectivity index (χ0n) is 19.8. The predicted molar refractivity (Wildman–Crippen MR) is 144 cm³/mol. The summed E-state index contributed by atoms with van der Waals surface area (Å²) in [4.78, 5) is 19.3. The molecule has 0 bridgehead atoms. The highest BCUT2D eigenvalue weighted by Crippen LogP contribution is 2.33.